The van der Waals surface area contributed by atoms with Gasteiger partial charge in [0.2, 0.25) is 0 Å². The van der Waals surface area contributed by atoms with Gasteiger partial charge in [-0.2, -0.15) is 0 Å². The molecule has 2 saturated heterocycles. The minimum atomic E-state index is -3.09. The number of hydrogen-bond donors (Lipinski definition) is 0. The van der Waals surface area contributed by atoms with Gasteiger partial charge in [-0.1, -0.05) is 0 Å². The molecule has 9 heteroatoms. The van der Waals surface area contributed by atoms with Crippen molar-refractivity contribution in [2.24, 2.45) is 0 Å². The van der Waals surface area contributed by atoms with Gasteiger partial charge in [0, 0.05) is 50.5 Å². The minimum absolute atomic E-state index is 0.00744. The lowest BCUT2D eigenvalue weighted by Crippen LogP contribution is -2.47. The number of aromatic nitrogens is 1. The highest BCUT2D eigenvalue weighted by atomic mass is 32.2. The van der Waals surface area contributed by atoms with Gasteiger partial charge in [0.1, 0.15) is 5.69 Å². The van der Waals surface area contributed by atoms with Crippen molar-refractivity contribution in [3.63, 3.8) is 0 Å². The second-order valence-electron chi connectivity index (χ2n) is 7.17. The van der Waals surface area contributed by atoms with Crippen LogP contribution in [0.2, 0.25) is 0 Å². The third-order valence-corrected chi connectivity index (χ3v) is 7.02. The van der Waals surface area contributed by atoms with Crippen LogP contribution in [0.15, 0.2) is 18.3 Å². The standard InChI is InChI=1S/C18H26N4O4S/c1-3-22(15-5-11-27(25,26)13-15)18(24)16-12-14(4-6-19-16)17(23)21-9-7-20(2)8-10-21/h4,6,12,15H,3,5,7-11,13H2,1-2H3. The first-order chi connectivity index (χ1) is 12.8. The van der Waals surface area contributed by atoms with Crippen LogP contribution >= 0.6 is 0 Å². The summed E-state index contributed by atoms with van der Waals surface area (Å²) in [5.41, 5.74) is 0.620. The average molecular weight is 394 g/mol. The highest BCUT2D eigenvalue weighted by Crippen LogP contribution is 2.20. The van der Waals surface area contributed by atoms with Crippen LogP contribution in [-0.4, -0.2) is 97.2 Å². The Hall–Kier alpha value is -2.00. The molecule has 1 aromatic heterocycles. The van der Waals surface area contributed by atoms with Crippen LogP contribution in [0, 0.1) is 0 Å². The van der Waals surface area contributed by atoms with Crippen molar-refractivity contribution in [3.05, 3.63) is 29.6 Å². The topological polar surface area (TPSA) is 90.9 Å². The Morgan fingerprint density at radius 2 is 1.96 bits per heavy atom. The van der Waals surface area contributed by atoms with Crippen LogP contribution in [0.1, 0.15) is 34.2 Å². The molecule has 1 aromatic rings. The molecule has 0 bridgehead atoms. The van der Waals surface area contributed by atoms with E-state index in [0.717, 1.165) is 13.1 Å². The Morgan fingerprint density at radius 1 is 1.26 bits per heavy atom. The number of nitrogens with zero attached hydrogens (tertiary/aromatic N) is 4. The number of carbonyl (C=O) groups excluding carboxylic acids is 2. The molecule has 2 fully saturated rings. The van der Waals surface area contributed by atoms with E-state index in [1.165, 1.54) is 12.3 Å². The number of sulfone groups is 1. The second-order valence-corrected chi connectivity index (χ2v) is 9.40. The van der Waals surface area contributed by atoms with E-state index in [9.17, 15) is 18.0 Å². The molecule has 0 aromatic carbocycles. The minimum Gasteiger partial charge on any atom is -0.336 e. The van der Waals surface area contributed by atoms with E-state index in [4.69, 9.17) is 0 Å². The zero-order valence-electron chi connectivity index (χ0n) is 15.8. The molecule has 0 N–H and O–H groups in total. The van der Waals surface area contributed by atoms with E-state index in [1.807, 2.05) is 14.0 Å². The molecule has 2 aliphatic rings. The Morgan fingerprint density at radius 3 is 2.56 bits per heavy atom. The summed E-state index contributed by atoms with van der Waals surface area (Å²) in [4.78, 5) is 35.3. The lowest BCUT2D eigenvalue weighted by Gasteiger charge is -2.32. The maximum absolute atomic E-state index is 12.9. The molecule has 148 valence electrons. The van der Waals surface area contributed by atoms with Gasteiger partial charge in [0.25, 0.3) is 11.8 Å². The Kier molecular flexibility index (Phi) is 5.81. The molecule has 8 nitrogen and oxygen atoms in total. The quantitative estimate of drug-likeness (QED) is 0.720. The molecular weight excluding hydrogens is 368 g/mol. The number of piperazine rings is 1. The molecule has 27 heavy (non-hydrogen) atoms. The molecule has 2 aliphatic heterocycles. The van der Waals surface area contributed by atoms with Crippen molar-refractivity contribution in [1.82, 2.24) is 19.7 Å². The molecule has 0 aliphatic carbocycles. The zero-order valence-corrected chi connectivity index (χ0v) is 16.6. The van der Waals surface area contributed by atoms with E-state index < -0.39 is 9.84 Å². The molecule has 0 spiro atoms. The van der Waals surface area contributed by atoms with Crippen LogP contribution < -0.4 is 0 Å². The first-order valence-corrected chi connectivity index (χ1v) is 11.1. The van der Waals surface area contributed by atoms with Crippen molar-refractivity contribution in [1.29, 1.82) is 0 Å². The molecule has 3 rings (SSSR count). The van der Waals surface area contributed by atoms with Gasteiger partial charge < -0.3 is 14.7 Å². The lowest BCUT2D eigenvalue weighted by atomic mass is 10.1. The maximum atomic E-state index is 12.9. The second kappa shape index (κ2) is 7.93. The molecular formula is C18H26N4O4S. The van der Waals surface area contributed by atoms with Crippen molar-refractivity contribution in [2.75, 3.05) is 51.3 Å². The zero-order chi connectivity index (χ0) is 19.6. The molecule has 2 amide bonds. The molecule has 1 atom stereocenters. The Bertz CT molecular complexity index is 818. The van der Waals surface area contributed by atoms with E-state index in [-0.39, 0.29) is 35.1 Å². The van der Waals surface area contributed by atoms with Gasteiger partial charge in [0.15, 0.2) is 9.84 Å². The number of likely N-dealkylation sites (N-methyl/N-ethyl adjacent to an activating group) is 1. The monoisotopic (exact) mass is 394 g/mol. The SMILES string of the molecule is CCN(C(=O)c1cc(C(=O)N2CCN(C)CC2)ccn1)C1CCS(=O)(=O)C1. The van der Waals surface area contributed by atoms with Crippen molar-refractivity contribution < 1.29 is 18.0 Å². The first kappa shape index (κ1) is 19.8. The summed E-state index contributed by atoms with van der Waals surface area (Å²) < 4.78 is 23.5. The molecule has 1 unspecified atom stereocenters. The smallest absolute Gasteiger partial charge is 0.272 e. The van der Waals surface area contributed by atoms with Crippen molar-refractivity contribution in [3.8, 4) is 0 Å². The summed E-state index contributed by atoms with van der Waals surface area (Å²) in [6.07, 6.45) is 1.91. The largest absolute Gasteiger partial charge is 0.336 e. The van der Waals surface area contributed by atoms with Gasteiger partial charge in [-0.25, -0.2) is 8.42 Å². The summed E-state index contributed by atoms with van der Waals surface area (Å²) in [5, 5.41) is 0. The fourth-order valence-corrected chi connectivity index (χ4v) is 5.34. The van der Waals surface area contributed by atoms with Gasteiger partial charge in [0.05, 0.1) is 11.5 Å². The molecule has 0 radical (unpaired) electrons. The van der Waals surface area contributed by atoms with E-state index in [2.05, 4.69) is 9.88 Å². The maximum Gasteiger partial charge on any atom is 0.272 e. The summed E-state index contributed by atoms with van der Waals surface area (Å²) >= 11 is 0. The van der Waals surface area contributed by atoms with Gasteiger partial charge in [-0.3, -0.25) is 14.6 Å². The van der Waals surface area contributed by atoms with E-state index >= 15 is 0 Å². The van der Waals surface area contributed by atoms with E-state index in [0.29, 0.717) is 31.6 Å². The van der Waals surface area contributed by atoms with Crippen LogP contribution in [-0.2, 0) is 9.84 Å². The molecule has 0 saturated carbocycles. The number of rotatable bonds is 4. The van der Waals surface area contributed by atoms with Crippen LogP contribution in [0.4, 0.5) is 0 Å². The summed E-state index contributed by atoms with van der Waals surface area (Å²) in [6, 6.07) is 2.81. The van der Waals surface area contributed by atoms with Crippen molar-refractivity contribution >= 4 is 21.7 Å². The number of pyridine rings is 1. The molecule has 3 heterocycles. The average Bonchev–Trinajstić information content (AvgIpc) is 3.02. The van der Waals surface area contributed by atoms with Crippen LogP contribution in [0.25, 0.3) is 0 Å². The Labute approximate surface area is 160 Å². The van der Waals surface area contributed by atoms with Crippen LogP contribution in [0.5, 0.6) is 0 Å². The van der Waals surface area contributed by atoms with Gasteiger partial charge in [-0.15, -0.1) is 0 Å². The normalized spacial score (nSPS) is 22.6. The number of amides is 2. The summed E-state index contributed by atoms with van der Waals surface area (Å²) in [7, 11) is -1.06. The van der Waals surface area contributed by atoms with E-state index in [1.54, 1.807) is 15.9 Å². The summed E-state index contributed by atoms with van der Waals surface area (Å²) in [6.45, 7) is 5.17. The van der Waals surface area contributed by atoms with Gasteiger partial charge >= 0.3 is 0 Å². The summed E-state index contributed by atoms with van der Waals surface area (Å²) in [5.74, 6) is -0.331. The highest BCUT2D eigenvalue weighted by Gasteiger charge is 2.34. The van der Waals surface area contributed by atoms with Gasteiger partial charge in [-0.05, 0) is 32.5 Å². The third kappa shape index (κ3) is 4.47. The van der Waals surface area contributed by atoms with Crippen LogP contribution in [0.3, 0.4) is 0 Å². The third-order valence-electron chi connectivity index (χ3n) is 5.27. The number of hydrogen-bond acceptors (Lipinski definition) is 6. The number of carbonyl (C=O) groups is 2. The van der Waals surface area contributed by atoms with Crippen molar-refractivity contribution in [2.45, 2.75) is 19.4 Å². The lowest BCUT2D eigenvalue weighted by molar-refractivity contribution is 0.0664. The Balaban J connectivity index is 1.76. The first-order valence-electron chi connectivity index (χ1n) is 9.26. The highest BCUT2D eigenvalue weighted by molar-refractivity contribution is 7.91. The fourth-order valence-electron chi connectivity index (χ4n) is 3.61. The predicted molar refractivity (Wildman–Crippen MR) is 101 cm³/mol. The fraction of sp³-hybridized carbons (Fsp3) is 0.611. The predicted octanol–water partition coefficient (Wildman–Crippen LogP) is 0.118.